The smallest absolute Gasteiger partial charge is 0.196 e. The number of carbonyl (C=O) groups is 1. The lowest BCUT2D eigenvalue weighted by atomic mass is 10.0. The fourth-order valence-corrected chi connectivity index (χ4v) is 1.78. The van der Waals surface area contributed by atoms with Crippen LogP contribution in [0.3, 0.4) is 0 Å². The molecular formula is C17H18O2. The monoisotopic (exact) mass is 254 g/mol. The van der Waals surface area contributed by atoms with Gasteiger partial charge in [-0.15, -0.1) is 0 Å². The average Bonchev–Trinajstić information content (AvgIpc) is 2.45. The van der Waals surface area contributed by atoms with Crippen LogP contribution in [0.15, 0.2) is 54.6 Å². The van der Waals surface area contributed by atoms with Gasteiger partial charge in [0, 0.05) is 5.56 Å². The Morgan fingerprint density at radius 3 is 2.32 bits per heavy atom. The fourth-order valence-electron chi connectivity index (χ4n) is 1.78. The summed E-state index contributed by atoms with van der Waals surface area (Å²) < 4.78 is 5.72. The molecule has 0 fully saturated rings. The number of benzene rings is 2. The molecule has 2 rings (SSSR count). The predicted molar refractivity (Wildman–Crippen MR) is 76.6 cm³/mol. The van der Waals surface area contributed by atoms with Crippen LogP contribution in [0.5, 0.6) is 5.75 Å². The highest BCUT2D eigenvalue weighted by atomic mass is 16.5. The van der Waals surface area contributed by atoms with E-state index in [0.29, 0.717) is 29.4 Å². The zero-order valence-electron chi connectivity index (χ0n) is 11.3. The number of carbonyl (C=O) groups excluding carboxylic acids is 1. The Balaban J connectivity index is 2.27. The Bertz CT molecular complexity index is 544. The maximum absolute atomic E-state index is 12.4. The molecule has 0 spiro atoms. The van der Waals surface area contributed by atoms with E-state index in [1.807, 2.05) is 54.6 Å². The Labute approximate surface area is 114 Å². The van der Waals surface area contributed by atoms with E-state index in [1.54, 1.807) is 0 Å². The Morgan fingerprint density at radius 1 is 1.00 bits per heavy atom. The molecule has 0 saturated carbocycles. The molecule has 2 heteroatoms. The van der Waals surface area contributed by atoms with Crippen molar-refractivity contribution >= 4 is 5.78 Å². The van der Waals surface area contributed by atoms with E-state index in [4.69, 9.17) is 4.74 Å². The van der Waals surface area contributed by atoms with Crippen LogP contribution in [-0.4, -0.2) is 12.4 Å². The summed E-state index contributed by atoms with van der Waals surface area (Å²) in [6.45, 7) is 4.78. The van der Waals surface area contributed by atoms with Crippen molar-refractivity contribution in [1.29, 1.82) is 0 Å². The average molecular weight is 254 g/mol. The lowest BCUT2D eigenvalue weighted by Crippen LogP contribution is -2.09. The highest BCUT2D eigenvalue weighted by molar-refractivity contribution is 6.10. The second-order valence-corrected chi connectivity index (χ2v) is 4.90. The summed E-state index contributed by atoms with van der Waals surface area (Å²) in [6.07, 6.45) is 0. The molecule has 0 N–H and O–H groups in total. The van der Waals surface area contributed by atoms with Gasteiger partial charge in [-0.05, 0) is 18.1 Å². The fraction of sp³-hybridized carbons (Fsp3) is 0.235. The second-order valence-electron chi connectivity index (χ2n) is 4.90. The third-order valence-electron chi connectivity index (χ3n) is 2.74. The van der Waals surface area contributed by atoms with Gasteiger partial charge in [-0.1, -0.05) is 56.3 Å². The lowest BCUT2D eigenvalue weighted by molar-refractivity contribution is 0.103. The van der Waals surface area contributed by atoms with Crippen LogP contribution in [0.1, 0.15) is 29.8 Å². The quantitative estimate of drug-likeness (QED) is 0.755. The Kier molecular flexibility index (Phi) is 4.35. The molecule has 0 heterocycles. The van der Waals surface area contributed by atoms with Gasteiger partial charge in [0.15, 0.2) is 5.78 Å². The predicted octanol–water partition coefficient (Wildman–Crippen LogP) is 3.95. The molecule has 2 aromatic rings. The number of hydrogen-bond acceptors (Lipinski definition) is 2. The van der Waals surface area contributed by atoms with E-state index >= 15 is 0 Å². The minimum absolute atomic E-state index is 0.0000406. The van der Waals surface area contributed by atoms with Crippen molar-refractivity contribution in [1.82, 2.24) is 0 Å². The van der Waals surface area contributed by atoms with Crippen LogP contribution in [0.4, 0.5) is 0 Å². The highest BCUT2D eigenvalue weighted by Gasteiger charge is 2.14. The van der Waals surface area contributed by atoms with E-state index in [2.05, 4.69) is 13.8 Å². The van der Waals surface area contributed by atoms with Crippen molar-refractivity contribution < 1.29 is 9.53 Å². The molecule has 0 aromatic heterocycles. The lowest BCUT2D eigenvalue weighted by Gasteiger charge is -2.12. The van der Waals surface area contributed by atoms with E-state index in [1.165, 1.54) is 0 Å². The molecule has 0 aliphatic heterocycles. The molecule has 2 nitrogen and oxygen atoms in total. The van der Waals surface area contributed by atoms with Gasteiger partial charge in [0.05, 0.1) is 12.2 Å². The highest BCUT2D eigenvalue weighted by Crippen LogP contribution is 2.22. The van der Waals surface area contributed by atoms with Crippen molar-refractivity contribution in [3.63, 3.8) is 0 Å². The minimum Gasteiger partial charge on any atom is -0.493 e. The van der Waals surface area contributed by atoms with E-state index in [9.17, 15) is 4.79 Å². The van der Waals surface area contributed by atoms with Crippen LogP contribution in [0.25, 0.3) is 0 Å². The maximum atomic E-state index is 12.4. The number of rotatable bonds is 5. The summed E-state index contributed by atoms with van der Waals surface area (Å²) in [5.41, 5.74) is 1.30. The van der Waals surface area contributed by atoms with Gasteiger partial charge < -0.3 is 4.74 Å². The summed E-state index contributed by atoms with van der Waals surface area (Å²) in [5, 5.41) is 0. The third kappa shape index (κ3) is 3.44. The summed E-state index contributed by atoms with van der Waals surface area (Å²) >= 11 is 0. The molecule has 0 atom stereocenters. The SMILES string of the molecule is CC(C)COc1ccccc1C(=O)c1ccccc1. The van der Waals surface area contributed by atoms with Crippen molar-refractivity contribution in [3.8, 4) is 5.75 Å². The zero-order chi connectivity index (χ0) is 13.7. The van der Waals surface area contributed by atoms with Crippen LogP contribution in [0.2, 0.25) is 0 Å². The number of hydrogen-bond donors (Lipinski definition) is 0. The Morgan fingerprint density at radius 2 is 1.63 bits per heavy atom. The van der Waals surface area contributed by atoms with E-state index in [-0.39, 0.29) is 5.78 Å². The molecule has 98 valence electrons. The van der Waals surface area contributed by atoms with Crippen LogP contribution in [0, 0.1) is 5.92 Å². The van der Waals surface area contributed by atoms with Gasteiger partial charge >= 0.3 is 0 Å². The van der Waals surface area contributed by atoms with Gasteiger partial charge in [-0.25, -0.2) is 0 Å². The van der Waals surface area contributed by atoms with Crippen molar-refractivity contribution in [2.24, 2.45) is 5.92 Å². The van der Waals surface area contributed by atoms with Crippen molar-refractivity contribution in [2.75, 3.05) is 6.61 Å². The summed E-state index contributed by atoms with van der Waals surface area (Å²) in [7, 11) is 0. The summed E-state index contributed by atoms with van der Waals surface area (Å²) in [5.74, 6) is 1.09. The molecule has 0 radical (unpaired) electrons. The molecule has 0 aliphatic carbocycles. The normalized spacial score (nSPS) is 10.5. The molecular weight excluding hydrogens is 236 g/mol. The number of para-hydroxylation sites is 1. The first kappa shape index (κ1) is 13.3. The molecule has 0 amide bonds. The third-order valence-corrected chi connectivity index (χ3v) is 2.74. The summed E-state index contributed by atoms with van der Waals surface area (Å²) in [6, 6.07) is 16.7. The van der Waals surface area contributed by atoms with Gasteiger partial charge in [0.25, 0.3) is 0 Å². The first-order valence-electron chi connectivity index (χ1n) is 6.50. The van der Waals surface area contributed by atoms with Gasteiger partial charge in [-0.2, -0.15) is 0 Å². The first-order valence-corrected chi connectivity index (χ1v) is 6.50. The van der Waals surface area contributed by atoms with Crippen LogP contribution in [-0.2, 0) is 0 Å². The van der Waals surface area contributed by atoms with Crippen LogP contribution < -0.4 is 4.74 Å². The largest absolute Gasteiger partial charge is 0.493 e. The first-order chi connectivity index (χ1) is 9.18. The standard InChI is InChI=1S/C17H18O2/c1-13(2)12-19-16-11-7-6-10-15(16)17(18)14-8-4-3-5-9-14/h3-11,13H,12H2,1-2H3. The van der Waals surface area contributed by atoms with Crippen molar-refractivity contribution in [3.05, 3.63) is 65.7 Å². The molecule has 19 heavy (non-hydrogen) atoms. The van der Waals surface area contributed by atoms with Crippen LogP contribution >= 0.6 is 0 Å². The maximum Gasteiger partial charge on any atom is 0.196 e. The van der Waals surface area contributed by atoms with Gasteiger partial charge in [0.1, 0.15) is 5.75 Å². The molecule has 0 unspecified atom stereocenters. The summed E-state index contributed by atoms with van der Waals surface area (Å²) in [4.78, 5) is 12.4. The van der Waals surface area contributed by atoms with Crippen molar-refractivity contribution in [2.45, 2.75) is 13.8 Å². The number of ether oxygens (including phenoxy) is 1. The minimum atomic E-state index is -0.0000406. The van der Waals surface area contributed by atoms with Gasteiger partial charge in [-0.3, -0.25) is 4.79 Å². The van der Waals surface area contributed by atoms with E-state index < -0.39 is 0 Å². The molecule has 0 aliphatic rings. The molecule has 0 bridgehead atoms. The molecule has 2 aromatic carbocycles. The van der Waals surface area contributed by atoms with Gasteiger partial charge in [0.2, 0.25) is 0 Å². The number of ketones is 1. The molecule has 0 saturated heterocycles. The Hall–Kier alpha value is -2.09. The topological polar surface area (TPSA) is 26.3 Å². The zero-order valence-corrected chi connectivity index (χ0v) is 11.3. The van der Waals surface area contributed by atoms with E-state index in [0.717, 1.165) is 0 Å². The second kappa shape index (κ2) is 6.19.